The predicted molar refractivity (Wildman–Crippen MR) is 107 cm³/mol. The summed E-state index contributed by atoms with van der Waals surface area (Å²) in [5.41, 5.74) is 4.84. The smallest absolute Gasteiger partial charge is 0.419 e. The lowest BCUT2D eigenvalue weighted by Gasteiger charge is -2.24. The molecule has 8 heteroatoms. The van der Waals surface area contributed by atoms with Gasteiger partial charge in [-0.3, -0.25) is 0 Å². The lowest BCUT2D eigenvalue weighted by molar-refractivity contribution is -0.138. The molecule has 0 fully saturated rings. The zero-order chi connectivity index (χ0) is 21.5. The van der Waals surface area contributed by atoms with Gasteiger partial charge in [0.2, 0.25) is 0 Å². The number of aryl methyl sites for hydroxylation is 1. The zero-order valence-electron chi connectivity index (χ0n) is 15.6. The Labute approximate surface area is 172 Å². The van der Waals surface area contributed by atoms with Crippen LogP contribution in [0.2, 0.25) is 5.02 Å². The molecule has 0 aromatic heterocycles. The highest BCUT2D eigenvalue weighted by atomic mass is 35.5. The number of aliphatic hydroxyl groups is 2. The maximum atomic E-state index is 13.4. The minimum absolute atomic E-state index is 0.0458. The molecule has 2 aromatic carbocycles. The van der Waals surface area contributed by atoms with Crippen LogP contribution in [0, 0.1) is 0 Å². The SMILES string of the molecule is NC(CO)(CO)CCc1ccc(OC/C=C/c2cccc(Cl)c2)c(C(F)(F)F)c1. The van der Waals surface area contributed by atoms with Crippen molar-refractivity contribution in [3.63, 3.8) is 0 Å². The van der Waals surface area contributed by atoms with E-state index in [1.807, 2.05) is 6.07 Å². The topological polar surface area (TPSA) is 75.7 Å². The van der Waals surface area contributed by atoms with Gasteiger partial charge in [0.1, 0.15) is 12.4 Å². The van der Waals surface area contributed by atoms with Gasteiger partial charge in [0.15, 0.2) is 0 Å². The first-order valence-electron chi connectivity index (χ1n) is 8.92. The molecule has 0 bridgehead atoms. The van der Waals surface area contributed by atoms with E-state index in [4.69, 9.17) is 22.1 Å². The van der Waals surface area contributed by atoms with Gasteiger partial charge in [-0.15, -0.1) is 0 Å². The van der Waals surface area contributed by atoms with Crippen molar-refractivity contribution in [2.24, 2.45) is 5.73 Å². The average molecular weight is 430 g/mol. The van der Waals surface area contributed by atoms with Crippen LogP contribution in [-0.4, -0.2) is 35.6 Å². The molecule has 0 atom stereocenters. The van der Waals surface area contributed by atoms with Crippen molar-refractivity contribution in [3.05, 3.63) is 70.3 Å². The summed E-state index contributed by atoms with van der Waals surface area (Å²) in [7, 11) is 0. The Bertz CT molecular complexity index is 836. The van der Waals surface area contributed by atoms with Gasteiger partial charge in [0, 0.05) is 5.02 Å². The molecule has 0 spiro atoms. The molecule has 0 aliphatic carbocycles. The summed E-state index contributed by atoms with van der Waals surface area (Å²) in [5.74, 6) is -0.277. The summed E-state index contributed by atoms with van der Waals surface area (Å²) in [5, 5.41) is 19.0. The normalized spacial score (nSPS) is 12.5. The number of hydrogen-bond donors (Lipinski definition) is 3. The van der Waals surface area contributed by atoms with Gasteiger partial charge in [0.25, 0.3) is 0 Å². The van der Waals surface area contributed by atoms with Gasteiger partial charge in [-0.25, -0.2) is 0 Å². The van der Waals surface area contributed by atoms with Crippen molar-refractivity contribution in [3.8, 4) is 5.75 Å². The Morgan fingerprint density at radius 3 is 2.41 bits per heavy atom. The molecule has 0 unspecified atom stereocenters. The maximum Gasteiger partial charge on any atom is 0.419 e. The highest BCUT2D eigenvalue weighted by Gasteiger charge is 2.35. The third kappa shape index (κ3) is 7.04. The largest absolute Gasteiger partial charge is 0.489 e. The lowest BCUT2D eigenvalue weighted by Crippen LogP contribution is -2.47. The number of halogens is 4. The molecule has 2 rings (SSSR count). The second kappa shape index (κ2) is 10.1. The van der Waals surface area contributed by atoms with E-state index in [1.54, 1.807) is 30.4 Å². The maximum absolute atomic E-state index is 13.4. The number of hydrogen-bond acceptors (Lipinski definition) is 4. The first-order valence-corrected chi connectivity index (χ1v) is 9.30. The number of ether oxygens (including phenoxy) is 1. The highest BCUT2D eigenvalue weighted by molar-refractivity contribution is 6.30. The summed E-state index contributed by atoms with van der Waals surface area (Å²) < 4.78 is 45.6. The molecular formula is C21H23ClF3NO3. The van der Waals surface area contributed by atoms with E-state index in [-0.39, 0.29) is 25.2 Å². The molecule has 4 nitrogen and oxygen atoms in total. The van der Waals surface area contributed by atoms with E-state index in [2.05, 4.69) is 0 Å². The zero-order valence-corrected chi connectivity index (χ0v) is 16.4. The third-order valence-corrected chi connectivity index (χ3v) is 4.62. The fourth-order valence-corrected chi connectivity index (χ4v) is 2.81. The molecule has 158 valence electrons. The van der Waals surface area contributed by atoms with Crippen molar-refractivity contribution in [1.29, 1.82) is 0 Å². The van der Waals surface area contributed by atoms with Crippen LogP contribution < -0.4 is 10.5 Å². The number of aliphatic hydroxyl groups excluding tert-OH is 2. The quantitative estimate of drug-likeness (QED) is 0.561. The molecule has 0 heterocycles. The molecule has 2 aromatic rings. The Morgan fingerprint density at radius 1 is 1.07 bits per heavy atom. The number of nitrogens with two attached hydrogens (primary N) is 1. The molecule has 29 heavy (non-hydrogen) atoms. The second-order valence-electron chi connectivity index (χ2n) is 6.78. The molecule has 4 N–H and O–H groups in total. The molecular weight excluding hydrogens is 407 g/mol. The third-order valence-electron chi connectivity index (χ3n) is 4.38. The van der Waals surface area contributed by atoms with Crippen molar-refractivity contribution in [2.45, 2.75) is 24.6 Å². The highest BCUT2D eigenvalue weighted by Crippen LogP contribution is 2.37. The Balaban J connectivity index is 2.09. The van der Waals surface area contributed by atoms with Crippen LogP contribution in [0.15, 0.2) is 48.5 Å². The van der Waals surface area contributed by atoms with Crippen molar-refractivity contribution < 1.29 is 28.1 Å². The molecule has 0 saturated carbocycles. The average Bonchev–Trinajstić information content (AvgIpc) is 2.69. The first-order chi connectivity index (χ1) is 13.7. The molecule has 0 saturated heterocycles. The van der Waals surface area contributed by atoms with E-state index in [0.29, 0.717) is 10.6 Å². The molecule has 0 aliphatic heterocycles. The second-order valence-corrected chi connectivity index (χ2v) is 7.21. The van der Waals surface area contributed by atoms with Gasteiger partial charge in [-0.05, 0) is 54.3 Å². The van der Waals surface area contributed by atoms with Crippen molar-refractivity contribution in [2.75, 3.05) is 19.8 Å². The number of benzene rings is 2. The molecule has 0 aliphatic rings. The van der Waals surface area contributed by atoms with E-state index in [0.717, 1.165) is 11.6 Å². The van der Waals surface area contributed by atoms with Crippen LogP contribution >= 0.6 is 11.6 Å². The van der Waals surface area contributed by atoms with E-state index >= 15 is 0 Å². The summed E-state index contributed by atoms with van der Waals surface area (Å²) >= 11 is 5.89. The van der Waals surface area contributed by atoms with Crippen LogP contribution in [0.4, 0.5) is 13.2 Å². The minimum atomic E-state index is -4.59. The van der Waals surface area contributed by atoms with E-state index in [1.165, 1.54) is 12.1 Å². The van der Waals surface area contributed by atoms with Crippen molar-refractivity contribution in [1.82, 2.24) is 0 Å². The fourth-order valence-electron chi connectivity index (χ4n) is 2.61. The van der Waals surface area contributed by atoms with Crippen LogP contribution in [0.1, 0.15) is 23.1 Å². The van der Waals surface area contributed by atoms with E-state index < -0.39 is 30.5 Å². The fraction of sp³-hybridized carbons (Fsp3) is 0.333. The van der Waals surface area contributed by atoms with Crippen molar-refractivity contribution >= 4 is 17.7 Å². The van der Waals surface area contributed by atoms with E-state index in [9.17, 15) is 23.4 Å². The Morgan fingerprint density at radius 2 is 1.79 bits per heavy atom. The summed E-state index contributed by atoms with van der Waals surface area (Å²) in [6.07, 6.45) is -0.964. The predicted octanol–water partition coefficient (Wildman–Crippen LogP) is 4.07. The lowest BCUT2D eigenvalue weighted by atomic mass is 9.93. The Hall–Kier alpha value is -2.06. The van der Waals surface area contributed by atoms with Gasteiger partial charge in [0.05, 0.1) is 24.3 Å². The van der Waals surface area contributed by atoms with Crippen LogP contribution in [0.3, 0.4) is 0 Å². The summed E-state index contributed by atoms with van der Waals surface area (Å²) in [6, 6.07) is 10.8. The number of alkyl halides is 3. The monoisotopic (exact) mass is 429 g/mol. The number of rotatable bonds is 9. The molecule has 0 amide bonds. The minimum Gasteiger partial charge on any atom is -0.489 e. The van der Waals surface area contributed by atoms with Gasteiger partial charge < -0.3 is 20.7 Å². The first kappa shape index (κ1) is 23.2. The standard InChI is InChI=1S/C21H23ClF3NO3/c22-17-5-1-3-15(11-17)4-2-10-29-19-7-6-16(12-18(19)21(23,24)25)8-9-20(26,13-27)14-28/h1-7,11-12,27-28H,8-10,13-14,26H2/b4-2+. The van der Waals surface area contributed by atoms with Crippen LogP contribution in [-0.2, 0) is 12.6 Å². The summed E-state index contributed by atoms with van der Waals surface area (Å²) in [4.78, 5) is 0. The van der Waals surface area contributed by atoms with Gasteiger partial charge >= 0.3 is 6.18 Å². The molecule has 0 radical (unpaired) electrons. The van der Waals surface area contributed by atoms with Gasteiger partial charge in [-0.1, -0.05) is 35.9 Å². The summed E-state index contributed by atoms with van der Waals surface area (Å²) in [6.45, 7) is -0.971. The van der Waals surface area contributed by atoms with Crippen LogP contribution in [0.25, 0.3) is 6.08 Å². The van der Waals surface area contributed by atoms with Gasteiger partial charge in [-0.2, -0.15) is 13.2 Å². The Kier molecular flexibility index (Phi) is 8.10. The van der Waals surface area contributed by atoms with Crippen LogP contribution in [0.5, 0.6) is 5.75 Å².